The van der Waals surface area contributed by atoms with E-state index in [1.165, 1.54) is 24.1 Å². The Hall–Kier alpha value is -0.960. The molecule has 0 spiro atoms. The van der Waals surface area contributed by atoms with Gasteiger partial charge in [0.15, 0.2) is 0 Å². The van der Waals surface area contributed by atoms with Crippen LogP contribution in [-0.4, -0.2) is 16.0 Å². The maximum Gasteiger partial charge on any atom is 0.125 e. The van der Waals surface area contributed by atoms with Crippen LogP contribution in [-0.2, 0) is 12.8 Å². The Morgan fingerprint density at radius 3 is 2.88 bits per heavy atom. The summed E-state index contributed by atoms with van der Waals surface area (Å²) in [7, 11) is 0. The second-order valence-corrected chi connectivity index (χ2v) is 5.05. The normalized spacial score (nSPS) is 17.4. The molecule has 0 bridgehead atoms. The van der Waals surface area contributed by atoms with Crippen molar-refractivity contribution in [3.8, 4) is 0 Å². The third-order valence-electron chi connectivity index (χ3n) is 3.12. The van der Waals surface area contributed by atoms with Crippen LogP contribution in [0.4, 0.5) is 0 Å². The van der Waals surface area contributed by atoms with Gasteiger partial charge in [-0.3, -0.25) is 0 Å². The second-order valence-electron chi connectivity index (χ2n) is 5.05. The SMILES string of the molecule is Cc1ncc(CC2CC2)c(CCC(C)N)n1. The van der Waals surface area contributed by atoms with Crippen LogP contribution in [0.15, 0.2) is 6.20 Å². The molecule has 88 valence electrons. The Bertz CT molecular complexity index is 356. The van der Waals surface area contributed by atoms with Crippen molar-refractivity contribution >= 4 is 0 Å². The van der Waals surface area contributed by atoms with Gasteiger partial charge in [-0.1, -0.05) is 0 Å². The molecule has 2 N–H and O–H groups in total. The third kappa shape index (κ3) is 3.27. The van der Waals surface area contributed by atoms with Crippen molar-refractivity contribution in [2.45, 2.75) is 52.0 Å². The minimum atomic E-state index is 0.254. The lowest BCUT2D eigenvalue weighted by Crippen LogP contribution is -2.16. The highest BCUT2D eigenvalue weighted by molar-refractivity contribution is 5.19. The van der Waals surface area contributed by atoms with E-state index in [0.717, 1.165) is 31.0 Å². The van der Waals surface area contributed by atoms with Crippen molar-refractivity contribution in [1.82, 2.24) is 9.97 Å². The van der Waals surface area contributed by atoms with Gasteiger partial charge in [0.25, 0.3) is 0 Å². The molecule has 0 aliphatic heterocycles. The Morgan fingerprint density at radius 2 is 2.25 bits per heavy atom. The smallest absolute Gasteiger partial charge is 0.125 e. The first-order valence-corrected chi connectivity index (χ1v) is 6.22. The molecule has 16 heavy (non-hydrogen) atoms. The quantitative estimate of drug-likeness (QED) is 0.824. The number of rotatable bonds is 5. The van der Waals surface area contributed by atoms with E-state index < -0.39 is 0 Å². The van der Waals surface area contributed by atoms with Gasteiger partial charge in [-0.2, -0.15) is 0 Å². The molecular weight excluding hydrogens is 198 g/mol. The fraction of sp³-hybridized carbons (Fsp3) is 0.692. The predicted molar refractivity (Wildman–Crippen MR) is 65.2 cm³/mol. The van der Waals surface area contributed by atoms with E-state index in [1.54, 1.807) is 0 Å². The molecule has 1 aliphatic carbocycles. The van der Waals surface area contributed by atoms with Gasteiger partial charge in [-0.15, -0.1) is 0 Å². The van der Waals surface area contributed by atoms with Crippen LogP contribution < -0.4 is 5.73 Å². The molecule has 1 heterocycles. The average molecular weight is 219 g/mol. The minimum absolute atomic E-state index is 0.254. The highest BCUT2D eigenvalue weighted by atomic mass is 14.9. The number of aryl methyl sites for hydroxylation is 2. The lowest BCUT2D eigenvalue weighted by atomic mass is 10.0. The van der Waals surface area contributed by atoms with Crippen LogP contribution in [0.5, 0.6) is 0 Å². The molecule has 1 fully saturated rings. The number of hydrogen-bond donors (Lipinski definition) is 1. The van der Waals surface area contributed by atoms with E-state index >= 15 is 0 Å². The first kappa shape index (κ1) is 11.5. The number of nitrogens with zero attached hydrogens (tertiary/aromatic N) is 2. The molecular formula is C13H21N3. The van der Waals surface area contributed by atoms with Crippen LogP contribution in [0.1, 0.15) is 43.3 Å². The summed E-state index contributed by atoms with van der Waals surface area (Å²) < 4.78 is 0. The fourth-order valence-corrected chi connectivity index (χ4v) is 1.93. The molecule has 1 aromatic heterocycles. The lowest BCUT2D eigenvalue weighted by Gasteiger charge is -2.10. The Morgan fingerprint density at radius 1 is 1.50 bits per heavy atom. The molecule has 1 aliphatic rings. The van der Waals surface area contributed by atoms with Gasteiger partial charge < -0.3 is 5.73 Å². The fourth-order valence-electron chi connectivity index (χ4n) is 1.93. The molecule has 1 atom stereocenters. The largest absolute Gasteiger partial charge is 0.328 e. The molecule has 0 saturated heterocycles. The Labute approximate surface area is 97.5 Å². The summed E-state index contributed by atoms with van der Waals surface area (Å²) in [6.45, 7) is 4.00. The van der Waals surface area contributed by atoms with Crippen molar-refractivity contribution in [1.29, 1.82) is 0 Å². The van der Waals surface area contributed by atoms with Gasteiger partial charge in [0.2, 0.25) is 0 Å². The zero-order chi connectivity index (χ0) is 11.5. The number of hydrogen-bond acceptors (Lipinski definition) is 3. The van der Waals surface area contributed by atoms with Crippen molar-refractivity contribution in [3.05, 3.63) is 23.3 Å². The molecule has 0 aromatic carbocycles. The summed E-state index contributed by atoms with van der Waals surface area (Å²) in [4.78, 5) is 8.86. The van der Waals surface area contributed by atoms with Crippen LogP contribution in [0.2, 0.25) is 0 Å². The van der Waals surface area contributed by atoms with Gasteiger partial charge in [-0.25, -0.2) is 9.97 Å². The van der Waals surface area contributed by atoms with E-state index in [9.17, 15) is 0 Å². The van der Waals surface area contributed by atoms with Crippen molar-refractivity contribution < 1.29 is 0 Å². The maximum atomic E-state index is 5.80. The van der Waals surface area contributed by atoms with E-state index in [-0.39, 0.29) is 6.04 Å². The van der Waals surface area contributed by atoms with Gasteiger partial charge >= 0.3 is 0 Å². The highest BCUT2D eigenvalue weighted by Gasteiger charge is 2.23. The average Bonchev–Trinajstić information content (AvgIpc) is 3.02. The van der Waals surface area contributed by atoms with Gasteiger partial charge in [0, 0.05) is 17.9 Å². The highest BCUT2D eigenvalue weighted by Crippen LogP contribution is 2.33. The topological polar surface area (TPSA) is 51.8 Å². The lowest BCUT2D eigenvalue weighted by molar-refractivity contribution is 0.647. The van der Waals surface area contributed by atoms with Crippen molar-refractivity contribution in [2.75, 3.05) is 0 Å². The molecule has 2 rings (SSSR count). The Balaban J connectivity index is 2.07. The molecule has 1 aromatic rings. The van der Waals surface area contributed by atoms with Crippen LogP contribution in [0.3, 0.4) is 0 Å². The zero-order valence-electron chi connectivity index (χ0n) is 10.2. The van der Waals surface area contributed by atoms with Crippen LogP contribution in [0.25, 0.3) is 0 Å². The molecule has 0 amide bonds. The summed E-state index contributed by atoms with van der Waals surface area (Å²) in [5.41, 5.74) is 8.36. The van der Waals surface area contributed by atoms with Crippen molar-refractivity contribution in [2.24, 2.45) is 11.7 Å². The molecule has 1 unspecified atom stereocenters. The first-order valence-electron chi connectivity index (χ1n) is 6.22. The Kier molecular flexibility index (Phi) is 3.54. The number of nitrogens with two attached hydrogens (primary N) is 1. The van der Waals surface area contributed by atoms with E-state index in [2.05, 4.69) is 16.9 Å². The van der Waals surface area contributed by atoms with Crippen molar-refractivity contribution in [3.63, 3.8) is 0 Å². The standard InChI is InChI=1S/C13H21N3/c1-9(14)3-6-13-12(7-11-4-5-11)8-15-10(2)16-13/h8-9,11H,3-7,14H2,1-2H3. The van der Waals surface area contributed by atoms with Crippen LogP contribution >= 0.6 is 0 Å². The summed E-state index contributed by atoms with van der Waals surface area (Å²) in [6, 6.07) is 0.254. The van der Waals surface area contributed by atoms with E-state index in [1.807, 2.05) is 13.1 Å². The zero-order valence-corrected chi connectivity index (χ0v) is 10.2. The van der Waals surface area contributed by atoms with Gasteiger partial charge in [0.1, 0.15) is 5.82 Å². The number of aromatic nitrogens is 2. The molecule has 0 radical (unpaired) electrons. The van der Waals surface area contributed by atoms with Gasteiger partial charge in [0.05, 0.1) is 0 Å². The molecule has 1 saturated carbocycles. The van der Waals surface area contributed by atoms with Crippen LogP contribution in [0, 0.1) is 12.8 Å². The summed E-state index contributed by atoms with van der Waals surface area (Å²) >= 11 is 0. The summed E-state index contributed by atoms with van der Waals surface area (Å²) in [6.07, 6.45) is 7.92. The second kappa shape index (κ2) is 4.91. The predicted octanol–water partition coefficient (Wildman–Crippen LogP) is 2.02. The molecule has 3 heteroatoms. The van der Waals surface area contributed by atoms with Gasteiger partial charge in [-0.05, 0) is 57.4 Å². The van der Waals surface area contributed by atoms with E-state index in [0.29, 0.717) is 0 Å². The first-order chi connectivity index (χ1) is 7.65. The monoisotopic (exact) mass is 219 g/mol. The summed E-state index contributed by atoms with van der Waals surface area (Å²) in [5.74, 6) is 1.76. The summed E-state index contributed by atoms with van der Waals surface area (Å²) in [5, 5.41) is 0. The van der Waals surface area contributed by atoms with E-state index in [4.69, 9.17) is 5.73 Å². The third-order valence-corrected chi connectivity index (χ3v) is 3.12. The maximum absolute atomic E-state index is 5.80. The molecule has 3 nitrogen and oxygen atoms in total. The minimum Gasteiger partial charge on any atom is -0.328 e.